The highest BCUT2D eigenvalue weighted by Gasteiger charge is 2.17. The summed E-state index contributed by atoms with van der Waals surface area (Å²) < 4.78 is 0. The number of anilines is 1. The number of rotatable bonds is 2. The molecule has 1 fully saturated rings. The van der Waals surface area contributed by atoms with Crippen LogP contribution in [0, 0.1) is 6.92 Å². The summed E-state index contributed by atoms with van der Waals surface area (Å²) in [5, 5.41) is 8.68. The van der Waals surface area contributed by atoms with Gasteiger partial charge >= 0.3 is 0 Å². The van der Waals surface area contributed by atoms with Crippen LogP contribution < -0.4 is 4.90 Å². The summed E-state index contributed by atoms with van der Waals surface area (Å²) >= 11 is 0. The third-order valence-electron chi connectivity index (χ3n) is 3.78. The molecule has 1 saturated heterocycles. The van der Waals surface area contributed by atoms with E-state index in [9.17, 15) is 0 Å². The van der Waals surface area contributed by atoms with E-state index in [0.717, 1.165) is 48.8 Å². The molecule has 3 rings (SSSR count). The van der Waals surface area contributed by atoms with Gasteiger partial charge in [0.15, 0.2) is 5.82 Å². The molecule has 104 valence electrons. The van der Waals surface area contributed by atoms with Crippen molar-refractivity contribution in [3.63, 3.8) is 0 Å². The van der Waals surface area contributed by atoms with Crippen molar-refractivity contribution in [1.82, 2.24) is 20.1 Å². The van der Waals surface area contributed by atoms with Crippen LogP contribution in [-0.2, 0) is 0 Å². The molecule has 5 nitrogen and oxygen atoms in total. The zero-order valence-electron chi connectivity index (χ0n) is 12.0. The first-order valence-electron chi connectivity index (χ1n) is 6.92. The van der Waals surface area contributed by atoms with Crippen molar-refractivity contribution < 1.29 is 0 Å². The third-order valence-corrected chi connectivity index (χ3v) is 3.78. The van der Waals surface area contributed by atoms with Gasteiger partial charge in [-0.15, -0.1) is 5.10 Å². The fourth-order valence-electron chi connectivity index (χ4n) is 2.46. The molecule has 5 heteroatoms. The molecule has 0 bridgehead atoms. The van der Waals surface area contributed by atoms with E-state index in [4.69, 9.17) is 0 Å². The van der Waals surface area contributed by atoms with Crippen LogP contribution in [0.5, 0.6) is 0 Å². The molecule has 0 radical (unpaired) electrons. The van der Waals surface area contributed by atoms with E-state index in [1.54, 1.807) is 0 Å². The van der Waals surface area contributed by atoms with Crippen LogP contribution in [0.25, 0.3) is 11.1 Å². The van der Waals surface area contributed by atoms with Crippen molar-refractivity contribution in [3.05, 3.63) is 36.3 Å². The summed E-state index contributed by atoms with van der Waals surface area (Å²) in [7, 11) is 2.15. The second kappa shape index (κ2) is 5.54. The van der Waals surface area contributed by atoms with Crippen LogP contribution in [0.2, 0.25) is 0 Å². The van der Waals surface area contributed by atoms with Gasteiger partial charge in [-0.2, -0.15) is 5.10 Å². The van der Waals surface area contributed by atoms with Gasteiger partial charge < -0.3 is 9.80 Å². The van der Waals surface area contributed by atoms with Crippen LogP contribution in [0.3, 0.4) is 0 Å². The molecule has 1 aliphatic rings. The largest absolute Gasteiger partial charge is 0.353 e. The Morgan fingerprint density at radius 3 is 2.40 bits per heavy atom. The Morgan fingerprint density at radius 1 is 1.00 bits per heavy atom. The number of hydrogen-bond donors (Lipinski definition) is 0. The highest BCUT2D eigenvalue weighted by atomic mass is 15.3. The maximum absolute atomic E-state index is 4.35. The van der Waals surface area contributed by atoms with Gasteiger partial charge in [-0.05, 0) is 37.7 Å². The van der Waals surface area contributed by atoms with E-state index in [-0.39, 0.29) is 0 Å². The van der Waals surface area contributed by atoms with Crippen LogP contribution in [0.4, 0.5) is 5.82 Å². The smallest absolute Gasteiger partial charge is 0.151 e. The van der Waals surface area contributed by atoms with E-state index >= 15 is 0 Å². The number of aryl methyl sites for hydroxylation is 1. The Hall–Kier alpha value is -2.01. The lowest BCUT2D eigenvalue weighted by Crippen LogP contribution is -2.44. The number of pyridine rings is 1. The summed E-state index contributed by atoms with van der Waals surface area (Å²) in [4.78, 5) is 8.71. The van der Waals surface area contributed by atoms with E-state index in [1.165, 1.54) is 0 Å². The molecular weight excluding hydrogens is 250 g/mol. The van der Waals surface area contributed by atoms with Gasteiger partial charge in [0.1, 0.15) is 0 Å². The lowest BCUT2D eigenvalue weighted by atomic mass is 10.1. The molecule has 0 aromatic carbocycles. The monoisotopic (exact) mass is 269 g/mol. The van der Waals surface area contributed by atoms with Crippen LogP contribution in [-0.4, -0.2) is 53.3 Å². The second-order valence-corrected chi connectivity index (χ2v) is 5.23. The first-order chi connectivity index (χ1) is 9.74. The first kappa shape index (κ1) is 13.0. The van der Waals surface area contributed by atoms with Crippen molar-refractivity contribution in [2.75, 3.05) is 38.1 Å². The minimum atomic E-state index is 0.953. The molecule has 1 aliphatic heterocycles. The quantitative estimate of drug-likeness (QED) is 0.828. The molecule has 0 atom stereocenters. The van der Waals surface area contributed by atoms with Crippen molar-refractivity contribution in [2.45, 2.75) is 6.92 Å². The fraction of sp³-hybridized carbons (Fsp3) is 0.400. The first-order valence-corrected chi connectivity index (χ1v) is 6.92. The molecule has 2 aromatic rings. The van der Waals surface area contributed by atoms with Crippen molar-refractivity contribution in [3.8, 4) is 11.1 Å². The van der Waals surface area contributed by atoms with E-state index in [1.807, 2.05) is 31.5 Å². The zero-order valence-corrected chi connectivity index (χ0v) is 12.0. The third kappa shape index (κ3) is 2.63. The molecule has 2 aromatic heterocycles. The van der Waals surface area contributed by atoms with Crippen LogP contribution in [0.15, 0.2) is 30.6 Å². The summed E-state index contributed by atoms with van der Waals surface area (Å²) in [6.07, 6.45) is 3.62. The highest BCUT2D eigenvalue weighted by Crippen LogP contribution is 2.25. The normalized spacial score (nSPS) is 16.4. The molecule has 0 amide bonds. The lowest BCUT2D eigenvalue weighted by Gasteiger charge is -2.33. The highest BCUT2D eigenvalue weighted by molar-refractivity contribution is 5.68. The number of nitrogens with zero attached hydrogens (tertiary/aromatic N) is 5. The summed E-state index contributed by atoms with van der Waals surface area (Å²) in [5.74, 6) is 0.968. The second-order valence-electron chi connectivity index (χ2n) is 5.23. The minimum Gasteiger partial charge on any atom is -0.353 e. The maximum Gasteiger partial charge on any atom is 0.151 e. The van der Waals surface area contributed by atoms with E-state index < -0.39 is 0 Å². The van der Waals surface area contributed by atoms with Crippen molar-refractivity contribution in [1.29, 1.82) is 0 Å². The molecule has 0 unspecified atom stereocenters. The Bertz CT molecular complexity index is 576. The molecule has 20 heavy (non-hydrogen) atoms. The summed E-state index contributed by atoms with van der Waals surface area (Å²) in [5.41, 5.74) is 3.23. The topological polar surface area (TPSA) is 45.2 Å². The van der Waals surface area contributed by atoms with Gasteiger partial charge in [-0.1, -0.05) is 0 Å². The standard InChI is InChI=1S/C15H19N5/c1-12-14(13-3-5-16-6-4-13)11-15(18-17-12)20-9-7-19(2)8-10-20/h3-6,11H,7-10H2,1-2H3. The number of hydrogen-bond acceptors (Lipinski definition) is 5. The average molecular weight is 269 g/mol. The van der Waals surface area contributed by atoms with Crippen LogP contribution in [0.1, 0.15) is 5.69 Å². The average Bonchev–Trinajstić information content (AvgIpc) is 2.50. The van der Waals surface area contributed by atoms with Gasteiger partial charge in [-0.25, -0.2) is 0 Å². The maximum atomic E-state index is 4.35. The Morgan fingerprint density at radius 2 is 1.70 bits per heavy atom. The zero-order chi connectivity index (χ0) is 13.9. The summed E-state index contributed by atoms with van der Waals surface area (Å²) in [6, 6.07) is 6.17. The molecule has 0 N–H and O–H groups in total. The molecule has 3 heterocycles. The molecule has 0 aliphatic carbocycles. The van der Waals surface area contributed by atoms with Gasteiger partial charge in [0.25, 0.3) is 0 Å². The number of piperazine rings is 1. The van der Waals surface area contributed by atoms with Crippen molar-refractivity contribution in [2.24, 2.45) is 0 Å². The minimum absolute atomic E-state index is 0.953. The number of likely N-dealkylation sites (N-methyl/N-ethyl adjacent to an activating group) is 1. The van der Waals surface area contributed by atoms with Gasteiger partial charge in [0.2, 0.25) is 0 Å². The summed E-state index contributed by atoms with van der Waals surface area (Å²) in [6.45, 7) is 6.14. The van der Waals surface area contributed by atoms with E-state index in [0.29, 0.717) is 0 Å². The Labute approximate surface area is 119 Å². The molecular formula is C15H19N5. The van der Waals surface area contributed by atoms with Gasteiger partial charge in [0, 0.05) is 44.1 Å². The lowest BCUT2D eigenvalue weighted by molar-refractivity contribution is 0.312. The molecule has 0 saturated carbocycles. The SMILES string of the molecule is Cc1nnc(N2CCN(C)CC2)cc1-c1ccncc1. The Balaban J connectivity index is 1.91. The predicted octanol–water partition coefficient (Wildman–Crippen LogP) is 1.60. The Kier molecular flexibility index (Phi) is 3.60. The number of aromatic nitrogens is 3. The van der Waals surface area contributed by atoms with Crippen molar-refractivity contribution >= 4 is 5.82 Å². The van der Waals surface area contributed by atoms with E-state index in [2.05, 4.69) is 38.1 Å². The fourth-order valence-corrected chi connectivity index (χ4v) is 2.46. The van der Waals surface area contributed by atoms with Gasteiger partial charge in [-0.3, -0.25) is 4.98 Å². The van der Waals surface area contributed by atoms with Crippen LogP contribution >= 0.6 is 0 Å². The predicted molar refractivity (Wildman–Crippen MR) is 79.7 cm³/mol. The molecule has 0 spiro atoms. The van der Waals surface area contributed by atoms with Gasteiger partial charge in [0.05, 0.1) is 5.69 Å².